The SMILES string of the molecule is CC1(C)C2CC=C(CO[C@@H]3O[C@H](CO[C@@H]4OC[C@](O)(CO)[C@H]4O)[C@@H](O)[C@H](O)[C@H]3O)C1C2. The molecule has 10 heteroatoms. The van der Waals surface area contributed by atoms with Gasteiger partial charge in [0.15, 0.2) is 12.6 Å². The highest BCUT2D eigenvalue weighted by molar-refractivity contribution is 5.23. The van der Waals surface area contributed by atoms with Gasteiger partial charge in [0.1, 0.15) is 36.1 Å². The highest BCUT2D eigenvalue weighted by atomic mass is 16.7. The van der Waals surface area contributed by atoms with Gasteiger partial charge in [-0.1, -0.05) is 19.9 Å². The smallest absolute Gasteiger partial charge is 0.187 e. The van der Waals surface area contributed by atoms with E-state index >= 15 is 0 Å². The van der Waals surface area contributed by atoms with Crippen molar-refractivity contribution in [1.29, 1.82) is 0 Å². The van der Waals surface area contributed by atoms with Crippen molar-refractivity contribution in [3.05, 3.63) is 11.6 Å². The number of rotatable bonds is 7. The normalized spacial score (nSPS) is 48.9. The Kier molecular flexibility index (Phi) is 6.52. The van der Waals surface area contributed by atoms with Crippen LogP contribution in [-0.4, -0.2) is 106 Å². The van der Waals surface area contributed by atoms with E-state index in [9.17, 15) is 30.6 Å². The molecule has 6 N–H and O–H groups in total. The first-order chi connectivity index (χ1) is 14.6. The van der Waals surface area contributed by atoms with Crippen LogP contribution in [0.3, 0.4) is 0 Å². The van der Waals surface area contributed by atoms with Crippen molar-refractivity contribution in [2.24, 2.45) is 17.3 Å². The first kappa shape index (κ1) is 23.5. The van der Waals surface area contributed by atoms with E-state index in [0.29, 0.717) is 11.8 Å². The van der Waals surface area contributed by atoms with Gasteiger partial charge in [-0.2, -0.15) is 0 Å². The molecule has 0 aromatic heterocycles. The Balaban J connectivity index is 1.33. The molecule has 0 aromatic rings. The number of hydrogen-bond donors (Lipinski definition) is 6. The fourth-order valence-corrected chi connectivity index (χ4v) is 5.14. The van der Waals surface area contributed by atoms with Gasteiger partial charge in [0, 0.05) is 0 Å². The van der Waals surface area contributed by atoms with Gasteiger partial charge >= 0.3 is 0 Å². The molecule has 0 spiro atoms. The van der Waals surface area contributed by atoms with Crippen LogP contribution in [0.2, 0.25) is 0 Å². The molecule has 10 atom stereocenters. The molecule has 178 valence electrons. The third-order valence-corrected chi connectivity index (χ3v) is 7.67. The van der Waals surface area contributed by atoms with Crippen molar-refractivity contribution in [3.63, 3.8) is 0 Å². The molecule has 2 bridgehead atoms. The zero-order chi connectivity index (χ0) is 22.6. The van der Waals surface area contributed by atoms with E-state index < -0.39 is 55.3 Å². The van der Waals surface area contributed by atoms with Crippen molar-refractivity contribution in [2.75, 3.05) is 26.4 Å². The molecule has 2 aliphatic heterocycles. The molecule has 10 nitrogen and oxygen atoms in total. The van der Waals surface area contributed by atoms with Crippen LogP contribution >= 0.6 is 0 Å². The first-order valence-electron chi connectivity index (χ1n) is 10.8. The standard InChI is InChI=1S/C21H34O10/c1-20(2)11-4-3-10(12(20)5-11)6-28-18-16(25)15(24)14(23)13(31-18)7-29-19-17(26)21(27,8-22)9-30-19/h3,11-19,22-27H,4-9H2,1-2H3/t11?,12?,13-,14-,15+,16-,17+,18-,19-,21-/m1/s1. The molecule has 5 aliphatic rings. The molecule has 2 saturated heterocycles. The van der Waals surface area contributed by atoms with Crippen molar-refractivity contribution in [1.82, 2.24) is 0 Å². The molecule has 2 heterocycles. The summed E-state index contributed by atoms with van der Waals surface area (Å²) in [6, 6.07) is 0. The average Bonchev–Trinajstić information content (AvgIpc) is 3.05. The van der Waals surface area contributed by atoms with Crippen LogP contribution in [0.25, 0.3) is 0 Å². The van der Waals surface area contributed by atoms with Gasteiger partial charge in [-0.25, -0.2) is 0 Å². The Morgan fingerprint density at radius 3 is 2.42 bits per heavy atom. The lowest BCUT2D eigenvalue weighted by atomic mass is 9.49. The predicted octanol–water partition coefficient (Wildman–Crippen LogP) is -1.74. The average molecular weight is 446 g/mol. The first-order valence-corrected chi connectivity index (χ1v) is 10.8. The lowest BCUT2D eigenvalue weighted by Gasteiger charge is -2.56. The maximum atomic E-state index is 10.3. The number of ether oxygens (including phenoxy) is 4. The van der Waals surface area contributed by atoms with Gasteiger partial charge in [-0.05, 0) is 35.7 Å². The molecule has 0 radical (unpaired) electrons. The Bertz CT molecular complexity index is 683. The Labute approximate surface area is 181 Å². The van der Waals surface area contributed by atoms with E-state index in [-0.39, 0.29) is 25.2 Å². The Morgan fingerprint density at radius 1 is 1.06 bits per heavy atom. The lowest BCUT2D eigenvalue weighted by molar-refractivity contribution is -0.308. The van der Waals surface area contributed by atoms with E-state index in [4.69, 9.17) is 18.9 Å². The van der Waals surface area contributed by atoms with E-state index in [1.165, 1.54) is 0 Å². The van der Waals surface area contributed by atoms with E-state index in [1.54, 1.807) is 0 Å². The van der Waals surface area contributed by atoms with Crippen LogP contribution < -0.4 is 0 Å². The zero-order valence-corrected chi connectivity index (χ0v) is 17.8. The van der Waals surface area contributed by atoms with Gasteiger partial charge in [0.05, 0.1) is 26.4 Å². The molecule has 0 aromatic carbocycles. The van der Waals surface area contributed by atoms with Crippen LogP contribution in [0.15, 0.2) is 11.6 Å². The van der Waals surface area contributed by atoms with Gasteiger partial charge in [0.2, 0.25) is 0 Å². The van der Waals surface area contributed by atoms with Crippen LogP contribution in [0.5, 0.6) is 0 Å². The van der Waals surface area contributed by atoms with Crippen molar-refractivity contribution in [3.8, 4) is 0 Å². The second-order valence-corrected chi connectivity index (χ2v) is 9.87. The van der Waals surface area contributed by atoms with Gasteiger partial charge < -0.3 is 49.6 Å². The highest BCUT2D eigenvalue weighted by Crippen LogP contribution is 2.59. The van der Waals surface area contributed by atoms with Crippen molar-refractivity contribution >= 4 is 0 Å². The molecule has 1 saturated carbocycles. The molecule has 3 fully saturated rings. The molecule has 2 unspecified atom stereocenters. The summed E-state index contributed by atoms with van der Waals surface area (Å²) in [5, 5.41) is 60.1. The molecule has 5 rings (SSSR count). The van der Waals surface area contributed by atoms with Crippen LogP contribution in [0.1, 0.15) is 26.7 Å². The zero-order valence-electron chi connectivity index (χ0n) is 17.8. The summed E-state index contributed by atoms with van der Waals surface area (Å²) in [7, 11) is 0. The van der Waals surface area contributed by atoms with Gasteiger partial charge in [-0.3, -0.25) is 0 Å². The van der Waals surface area contributed by atoms with Gasteiger partial charge in [0.25, 0.3) is 0 Å². The summed E-state index contributed by atoms with van der Waals surface area (Å²) < 4.78 is 22.0. The maximum absolute atomic E-state index is 10.3. The fraction of sp³-hybridized carbons (Fsp3) is 0.905. The highest BCUT2D eigenvalue weighted by Gasteiger charge is 2.52. The maximum Gasteiger partial charge on any atom is 0.187 e. The van der Waals surface area contributed by atoms with Crippen molar-refractivity contribution < 1.29 is 49.6 Å². The predicted molar refractivity (Wildman–Crippen MR) is 104 cm³/mol. The number of allylic oxidation sites excluding steroid dienone is 1. The van der Waals surface area contributed by atoms with E-state index in [1.807, 2.05) is 0 Å². The number of hydrogen-bond acceptors (Lipinski definition) is 10. The Morgan fingerprint density at radius 2 is 1.81 bits per heavy atom. The summed E-state index contributed by atoms with van der Waals surface area (Å²) in [4.78, 5) is 0. The third kappa shape index (κ3) is 4.08. The summed E-state index contributed by atoms with van der Waals surface area (Å²) >= 11 is 0. The summed E-state index contributed by atoms with van der Waals surface area (Å²) in [6.07, 6.45) is -5.07. The van der Waals surface area contributed by atoms with Crippen LogP contribution in [-0.2, 0) is 18.9 Å². The van der Waals surface area contributed by atoms with Crippen LogP contribution in [0.4, 0.5) is 0 Å². The fourth-order valence-electron chi connectivity index (χ4n) is 5.14. The van der Waals surface area contributed by atoms with E-state index in [2.05, 4.69) is 19.9 Å². The van der Waals surface area contributed by atoms with Gasteiger partial charge in [-0.15, -0.1) is 0 Å². The largest absolute Gasteiger partial charge is 0.393 e. The molecule has 31 heavy (non-hydrogen) atoms. The lowest BCUT2D eigenvalue weighted by Crippen LogP contribution is -2.60. The molecular formula is C21H34O10. The minimum absolute atomic E-state index is 0.226. The van der Waals surface area contributed by atoms with Crippen molar-refractivity contribution in [2.45, 2.75) is 75.4 Å². The third-order valence-electron chi connectivity index (χ3n) is 7.67. The quantitative estimate of drug-likeness (QED) is 0.248. The second-order valence-electron chi connectivity index (χ2n) is 9.87. The molecular weight excluding hydrogens is 412 g/mol. The molecule has 3 aliphatic carbocycles. The minimum atomic E-state index is -1.83. The summed E-state index contributed by atoms with van der Waals surface area (Å²) in [6.45, 7) is 3.43. The number of fused-ring (bicyclic) bond motifs is 1. The number of aliphatic hydroxyl groups excluding tert-OH is 5. The monoisotopic (exact) mass is 446 g/mol. The summed E-state index contributed by atoms with van der Waals surface area (Å²) in [5.74, 6) is 1.11. The Hall–Kier alpha value is -0.660. The molecule has 0 amide bonds. The second kappa shape index (κ2) is 8.60. The topological polar surface area (TPSA) is 158 Å². The van der Waals surface area contributed by atoms with Crippen LogP contribution in [0, 0.1) is 17.3 Å². The number of aliphatic hydroxyl groups is 6. The summed E-state index contributed by atoms with van der Waals surface area (Å²) in [5.41, 5.74) is -0.452. The minimum Gasteiger partial charge on any atom is -0.393 e. The van der Waals surface area contributed by atoms with E-state index in [0.717, 1.165) is 18.4 Å².